The highest BCUT2D eigenvalue weighted by molar-refractivity contribution is 5.76. The van der Waals surface area contributed by atoms with Crippen molar-refractivity contribution in [2.45, 2.75) is 32.4 Å². The van der Waals surface area contributed by atoms with Crippen molar-refractivity contribution in [2.75, 3.05) is 6.54 Å². The molecule has 1 atom stereocenters. The predicted octanol–water partition coefficient (Wildman–Crippen LogP) is 0.966. The fourth-order valence-electron chi connectivity index (χ4n) is 0.576. The van der Waals surface area contributed by atoms with E-state index in [1.807, 2.05) is 0 Å². The van der Waals surface area contributed by atoms with Crippen LogP contribution in [0, 0.1) is 0 Å². The lowest BCUT2D eigenvalue weighted by Crippen LogP contribution is -2.39. The zero-order valence-corrected chi connectivity index (χ0v) is 8.02. The zero-order chi connectivity index (χ0) is 10.5. The van der Waals surface area contributed by atoms with Gasteiger partial charge in [0.05, 0.1) is 6.54 Å². The Morgan fingerprint density at radius 1 is 1.69 bits per heavy atom. The summed E-state index contributed by atoms with van der Waals surface area (Å²) in [5, 5.41) is 3.18. The van der Waals surface area contributed by atoms with Gasteiger partial charge in [-0.2, -0.15) is 0 Å². The molecule has 0 rings (SSSR count). The van der Waals surface area contributed by atoms with E-state index in [9.17, 15) is 4.79 Å². The van der Waals surface area contributed by atoms with Gasteiger partial charge in [-0.25, -0.2) is 0 Å². The average Bonchev–Trinajstić information content (AvgIpc) is 1.96. The van der Waals surface area contributed by atoms with Crippen molar-refractivity contribution in [3.8, 4) is 0 Å². The third kappa shape index (κ3) is 5.95. The fourth-order valence-corrected chi connectivity index (χ4v) is 0.576. The van der Waals surface area contributed by atoms with Crippen molar-refractivity contribution in [3.63, 3.8) is 0 Å². The summed E-state index contributed by atoms with van der Waals surface area (Å²) in [6.45, 7) is 5.15. The van der Waals surface area contributed by atoms with Crippen molar-refractivity contribution in [3.05, 3.63) is 10.4 Å². The third-order valence-corrected chi connectivity index (χ3v) is 1.05. The SMILES string of the molecule is CC(C)(C)OC(=O)[C@@H](N)CN=[N+]=[N-]. The van der Waals surface area contributed by atoms with Crippen LogP contribution in [0.5, 0.6) is 0 Å². The van der Waals surface area contributed by atoms with Gasteiger partial charge in [0, 0.05) is 4.91 Å². The average molecular weight is 186 g/mol. The number of carbonyl (C=O) groups is 1. The molecule has 0 fully saturated rings. The van der Waals surface area contributed by atoms with Gasteiger partial charge in [0.15, 0.2) is 0 Å². The Hall–Kier alpha value is -1.26. The third-order valence-electron chi connectivity index (χ3n) is 1.05. The maximum absolute atomic E-state index is 11.1. The van der Waals surface area contributed by atoms with Gasteiger partial charge in [0.25, 0.3) is 0 Å². The fraction of sp³-hybridized carbons (Fsp3) is 0.857. The van der Waals surface area contributed by atoms with E-state index < -0.39 is 17.6 Å². The molecule has 0 aromatic carbocycles. The number of azide groups is 1. The van der Waals surface area contributed by atoms with E-state index in [0.29, 0.717) is 0 Å². The molecule has 0 aliphatic rings. The molecule has 0 saturated carbocycles. The van der Waals surface area contributed by atoms with E-state index in [4.69, 9.17) is 16.0 Å². The van der Waals surface area contributed by atoms with Gasteiger partial charge in [0.1, 0.15) is 11.6 Å². The van der Waals surface area contributed by atoms with Gasteiger partial charge in [-0.1, -0.05) is 5.11 Å². The maximum Gasteiger partial charge on any atom is 0.323 e. The normalized spacial score (nSPS) is 12.9. The molecule has 0 aromatic heterocycles. The van der Waals surface area contributed by atoms with Crippen LogP contribution in [0.2, 0.25) is 0 Å². The number of ether oxygens (including phenoxy) is 1. The summed E-state index contributed by atoms with van der Waals surface area (Å²) >= 11 is 0. The Balaban J connectivity index is 4.04. The maximum atomic E-state index is 11.1. The van der Waals surface area contributed by atoms with Crippen molar-refractivity contribution in [1.82, 2.24) is 0 Å². The second-order valence-electron chi connectivity index (χ2n) is 3.55. The predicted molar refractivity (Wildman–Crippen MR) is 47.8 cm³/mol. The van der Waals surface area contributed by atoms with Crippen LogP contribution in [0.4, 0.5) is 0 Å². The molecule has 13 heavy (non-hydrogen) atoms. The molecule has 0 aliphatic carbocycles. The molecular weight excluding hydrogens is 172 g/mol. The molecule has 0 aromatic rings. The molecule has 0 bridgehead atoms. The van der Waals surface area contributed by atoms with E-state index in [-0.39, 0.29) is 6.54 Å². The summed E-state index contributed by atoms with van der Waals surface area (Å²) in [6.07, 6.45) is 0. The molecule has 6 heteroatoms. The quantitative estimate of drug-likeness (QED) is 0.307. The number of hydrogen-bond donors (Lipinski definition) is 1. The zero-order valence-electron chi connectivity index (χ0n) is 8.02. The van der Waals surface area contributed by atoms with Crippen LogP contribution < -0.4 is 5.73 Å². The minimum absolute atomic E-state index is 0.0780. The highest BCUT2D eigenvalue weighted by Crippen LogP contribution is 2.07. The second-order valence-corrected chi connectivity index (χ2v) is 3.55. The Morgan fingerprint density at radius 2 is 2.23 bits per heavy atom. The van der Waals surface area contributed by atoms with Gasteiger partial charge < -0.3 is 10.5 Å². The summed E-state index contributed by atoms with van der Waals surface area (Å²) in [5.74, 6) is -0.556. The van der Waals surface area contributed by atoms with Crippen molar-refractivity contribution < 1.29 is 9.53 Å². The van der Waals surface area contributed by atoms with Gasteiger partial charge in [0.2, 0.25) is 0 Å². The van der Waals surface area contributed by atoms with Crippen LogP contribution in [-0.2, 0) is 9.53 Å². The summed E-state index contributed by atoms with van der Waals surface area (Å²) in [5.41, 5.74) is 12.8. The number of rotatable bonds is 3. The van der Waals surface area contributed by atoms with Crippen molar-refractivity contribution >= 4 is 5.97 Å². The van der Waals surface area contributed by atoms with Gasteiger partial charge >= 0.3 is 5.97 Å². The molecule has 0 heterocycles. The Labute approximate surface area is 76.7 Å². The standard InChI is InChI=1S/C7H14N4O2/c1-7(2,3)13-6(12)5(8)4-10-11-9/h5H,4,8H2,1-3H3/t5-/m0/s1. The molecule has 0 aliphatic heterocycles. The first-order valence-corrected chi connectivity index (χ1v) is 3.86. The minimum Gasteiger partial charge on any atom is -0.459 e. The molecule has 0 radical (unpaired) electrons. The van der Waals surface area contributed by atoms with Gasteiger partial charge in [-0.3, -0.25) is 4.79 Å². The molecule has 0 spiro atoms. The molecule has 74 valence electrons. The number of hydrogen-bond acceptors (Lipinski definition) is 4. The second kappa shape index (κ2) is 4.69. The number of esters is 1. The first kappa shape index (κ1) is 11.7. The molecule has 0 unspecified atom stereocenters. The van der Waals surface area contributed by atoms with Crippen LogP contribution >= 0.6 is 0 Å². The van der Waals surface area contributed by atoms with E-state index in [1.165, 1.54) is 0 Å². The minimum atomic E-state index is -0.880. The molecule has 2 N–H and O–H groups in total. The van der Waals surface area contributed by atoms with Gasteiger partial charge in [-0.05, 0) is 26.3 Å². The van der Waals surface area contributed by atoms with E-state index >= 15 is 0 Å². The van der Waals surface area contributed by atoms with Crippen LogP contribution in [0.15, 0.2) is 5.11 Å². The highest BCUT2D eigenvalue weighted by atomic mass is 16.6. The van der Waals surface area contributed by atoms with Crippen molar-refractivity contribution in [2.24, 2.45) is 10.8 Å². The Kier molecular flexibility index (Phi) is 4.23. The first-order valence-electron chi connectivity index (χ1n) is 3.86. The monoisotopic (exact) mass is 186 g/mol. The molecular formula is C7H14N4O2. The van der Waals surface area contributed by atoms with Crippen LogP contribution in [-0.4, -0.2) is 24.2 Å². The lowest BCUT2D eigenvalue weighted by molar-refractivity contribution is -0.156. The van der Waals surface area contributed by atoms with Crippen molar-refractivity contribution in [1.29, 1.82) is 0 Å². The van der Waals surface area contributed by atoms with Crippen LogP contribution in [0.25, 0.3) is 10.4 Å². The van der Waals surface area contributed by atoms with E-state index in [1.54, 1.807) is 20.8 Å². The summed E-state index contributed by atoms with van der Waals surface area (Å²) in [4.78, 5) is 13.6. The van der Waals surface area contributed by atoms with Crippen LogP contribution in [0.3, 0.4) is 0 Å². The van der Waals surface area contributed by atoms with E-state index in [0.717, 1.165) is 0 Å². The lowest BCUT2D eigenvalue weighted by Gasteiger charge is -2.21. The topological polar surface area (TPSA) is 101 Å². The smallest absolute Gasteiger partial charge is 0.323 e. The lowest BCUT2D eigenvalue weighted by atomic mass is 10.2. The molecule has 0 amide bonds. The summed E-state index contributed by atoms with van der Waals surface area (Å²) in [6, 6.07) is -0.880. The molecule has 0 saturated heterocycles. The van der Waals surface area contributed by atoms with Gasteiger partial charge in [-0.15, -0.1) is 0 Å². The molecule has 6 nitrogen and oxygen atoms in total. The highest BCUT2D eigenvalue weighted by Gasteiger charge is 2.21. The van der Waals surface area contributed by atoms with E-state index in [2.05, 4.69) is 10.0 Å². The summed E-state index contributed by atoms with van der Waals surface area (Å²) < 4.78 is 4.95. The first-order chi connectivity index (χ1) is 5.87. The number of carbonyl (C=O) groups excluding carboxylic acids is 1. The Bertz CT molecular complexity index is 227. The Morgan fingerprint density at radius 3 is 2.62 bits per heavy atom. The number of nitrogens with zero attached hydrogens (tertiary/aromatic N) is 3. The number of nitrogens with two attached hydrogens (primary N) is 1. The summed E-state index contributed by atoms with van der Waals surface area (Å²) in [7, 11) is 0. The largest absolute Gasteiger partial charge is 0.459 e. The van der Waals surface area contributed by atoms with Crippen LogP contribution in [0.1, 0.15) is 20.8 Å².